The highest BCUT2D eigenvalue weighted by molar-refractivity contribution is 5.96. The van der Waals surface area contributed by atoms with E-state index < -0.39 is 0 Å². The summed E-state index contributed by atoms with van der Waals surface area (Å²) in [6.07, 6.45) is 12.6. The van der Waals surface area contributed by atoms with Crippen molar-refractivity contribution in [2.45, 2.75) is 33.1 Å². The van der Waals surface area contributed by atoms with Crippen molar-refractivity contribution in [3.63, 3.8) is 0 Å². The van der Waals surface area contributed by atoms with Crippen LogP contribution < -0.4 is 5.32 Å². The fraction of sp³-hybridized carbons (Fsp3) is 0.161. The first-order valence-electron chi connectivity index (χ1n) is 12.8. The summed E-state index contributed by atoms with van der Waals surface area (Å²) in [6.45, 7) is 12.3. The van der Waals surface area contributed by atoms with Crippen molar-refractivity contribution in [3.8, 4) is 22.6 Å². The number of hydrogen-bond donors (Lipinski definition) is 3. The summed E-state index contributed by atoms with van der Waals surface area (Å²) in [5, 5.41) is 11.1. The zero-order valence-electron chi connectivity index (χ0n) is 21.8. The molecule has 7 heteroatoms. The summed E-state index contributed by atoms with van der Waals surface area (Å²) in [5.74, 6) is 0.663. The predicted molar refractivity (Wildman–Crippen MR) is 156 cm³/mol. The van der Waals surface area contributed by atoms with Crippen LogP contribution in [0.1, 0.15) is 38.8 Å². The van der Waals surface area contributed by atoms with Crippen molar-refractivity contribution < 1.29 is 0 Å². The van der Waals surface area contributed by atoms with Crippen LogP contribution in [0.3, 0.4) is 0 Å². The number of nitrogens with one attached hydrogen (secondary N) is 3. The number of pyridine rings is 2. The van der Waals surface area contributed by atoms with Gasteiger partial charge in [0, 0.05) is 29.4 Å². The van der Waals surface area contributed by atoms with Crippen molar-refractivity contribution in [1.29, 1.82) is 0 Å². The molecule has 38 heavy (non-hydrogen) atoms. The van der Waals surface area contributed by atoms with E-state index >= 15 is 0 Å². The van der Waals surface area contributed by atoms with E-state index in [1.165, 1.54) is 0 Å². The molecule has 0 aliphatic rings. The summed E-state index contributed by atoms with van der Waals surface area (Å²) >= 11 is 0. The molecular formula is C31H31N7. The number of aromatic amines is 2. The van der Waals surface area contributed by atoms with Crippen LogP contribution in [0.2, 0.25) is 0 Å². The van der Waals surface area contributed by atoms with Gasteiger partial charge in [-0.3, -0.25) is 10.1 Å². The molecule has 1 aromatic carbocycles. The Morgan fingerprint density at radius 3 is 2.63 bits per heavy atom. The van der Waals surface area contributed by atoms with Gasteiger partial charge < -0.3 is 10.3 Å². The SMILES string of the molecule is C=C/C(=C\C(=C/C)c1ccc2[nH]nc(-c3nc4c(-c5ccncc5)cccc4[nH]3)c2n1)NC(=C)CCCC. The van der Waals surface area contributed by atoms with Crippen LogP contribution in [-0.2, 0) is 0 Å². The molecule has 5 rings (SSSR count). The molecule has 5 aromatic rings. The summed E-state index contributed by atoms with van der Waals surface area (Å²) in [6, 6.07) is 14.1. The third-order valence-corrected chi connectivity index (χ3v) is 6.43. The van der Waals surface area contributed by atoms with Crippen LogP contribution in [0.5, 0.6) is 0 Å². The second-order valence-corrected chi connectivity index (χ2v) is 9.07. The highest BCUT2D eigenvalue weighted by Gasteiger charge is 2.17. The maximum Gasteiger partial charge on any atom is 0.161 e. The lowest BCUT2D eigenvalue weighted by Gasteiger charge is -2.11. The largest absolute Gasteiger partial charge is 0.359 e. The zero-order chi connectivity index (χ0) is 26.5. The Balaban J connectivity index is 1.52. The Morgan fingerprint density at radius 1 is 1.03 bits per heavy atom. The molecule has 0 aliphatic carbocycles. The van der Waals surface area contributed by atoms with Gasteiger partial charge in [0.1, 0.15) is 5.52 Å². The average Bonchev–Trinajstić information content (AvgIpc) is 3.58. The Kier molecular flexibility index (Phi) is 7.26. The van der Waals surface area contributed by atoms with E-state index in [2.05, 4.69) is 51.6 Å². The Morgan fingerprint density at radius 2 is 1.87 bits per heavy atom. The second kappa shape index (κ2) is 11.1. The highest BCUT2D eigenvalue weighted by Crippen LogP contribution is 2.31. The molecule has 0 amide bonds. The van der Waals surface area contributed by atoms with Gasteiger partial charge in [0.2, 0.25) is 0 Å². The van der Waals surface area contributed by atoms with E-state index in [1.54, 1.807) is 18.5 Å². The van der Waals surface area contributed by atoms with Gasteiger partial charge in [0.25, 0.3) is 0 Å². The molecule has 0 saturated heterocycles. The number of hydrogen-bond acceptors (Lipinski definition) is 5. The molecule has 0 radical (unpaired) electrons. The van der Waals surface area contributed by atoms with E-state index in [0.717, 1.165) is 75.1 Å². The predicted octanol–water partition coefficient (Wildman–Crippen LogP) is 7.33. The number of aromatic nitrogens is 6. The molecule has 0 unspecified atom stereocenters. The summed E-state index contributed by atoms with van der Waals surface area (Å²) < 4.78 is 0. The quantitative estimate of drug-likeness (QED) is 0.174. The average molecular weight is 502 g/mol. The molecule has 0 atom stereocenters. The van der Waals surface area contributed by atoms with Crippen molar-refractivity contribution in [1.82, 2.24) is 35.5 Å². The van der Waals surface area contributed by atoms with Crippen molar-refractivity contribution in [2.75, 3.05) is 0 Å². The van der Waals surface area contributed by atoms with Crippen LogP contribution in [0.15, 0.2) is 97.6 Å². The van der Waals surface area contributed by atoms with E-state index in [1.807, 2.05) is 55.5 Å². The van der Waals surface area contributed by atoms with Crippen LogP contribution in [-0.4, -0.2) is 30.1 Å². The topological polar surface area (TPSA) is 95.2 Å². The monoisotopic (exact) mass is 501 g/mol. The summed E-state index contributed by atoms with van der Waals surface area (Å²) in [4.78, 5) is 17.5. The number of H-pyrrole nitrogens is 2. The maximum absolute atomic E-state index is 4.99. The molecular weight excluding hydrogens is 470 g/mol. The van der Waals surface area contributed by atoms with Crippen molar-refractivity contribution >= 4 is 27.6 Å². The molecule has 0 spiro atoms. The van der Waals surface area contributed by atoms with Gasteiger partial charge in [-0.25, -0.2) is 9.97 Å². The van der Waals surface area contributed by atoms with Gasteiger partial charge >= 0.3 is 0 Å². The first-order chi connectivity index (χ1) is 18.6. The minimum atomic E-state index is 0.663. The number of rotatable bonds is 10. The normalized spacial score (nSPS) is 12.3. The summed E-state index contributed by atoms with van der Waals surface area (Å²) in [7, 11) is 0. The summed E-state index contributed by atoms with van der Waals surface area (Å²) in [5.41, 5.74) is 9.83. The van der Waals surface area contributed by atoms with E-state index in [4.69, 9.17) is 9.97 Å². The molecule has 0 fully saturated rings. The molecule has 0 aliphatic heterocycles. The molecule has 0 saturated carbocycles. The minimum absolute atomic E-state index is 0.663. The molecule has 4 aromatic heterocycles. The third kappa shape index (κ3) is 5.04. The fourth-order valence-electron chi connectivity index (χ4n) is 4.41. The first kappa shape index (κ1) is 24.9. The fourth-order valence-corrected chi connectivity index (χ4v) is 4.41. The molecule has 190 valence electrons. The smallest absolute Gasteiger partial charge is 0.161 e. The van der Waals surface area contributed by atoms with Gasteiger partial charge in [0.15, 0.2) is 11.5 Å². The number of benzene rings is 1. The van der Waals surface area contributed by atoms with Gasteiger partial charge in [-0.05, 0) is 73.4 Å². The number of allylic oxidation sites excluding steroid dienone is 5. The second-order valence-electron chi connectivity index (χ2n) is 9.07. The highest BCUT2D eigenvalue weighted by atomic mass is 15.1. The Labute approximate surface area is 222 Å². The number of unbranched alkanes of at least 4 members (excludes halogenated alkanes) is 1. The van der Waals surface area contributed by atoms with Gasteiger partial charge in [-0.15, -0.1) is 0 Å². The van der Waals surface area contributed by atoms with Gasteiger partial charge in [-0.1, -0.05) is 44.7 Å². The van der Waals surface area contributed by atoms with Crippen LogP contribution in [0, 0.1) is 0 Å². The molecule has 3 N–H and O–H groups in total. The Hall–Kier alpha value is -4.78. The standard InChI is InChI=1S/C31H31N7/c1-5-8-10-20(4)33-23(7-3)19-21(6-2)25-13-14-27-29(34-25)30(38-37-27)31-35-26-12-9-11-24(28(26)36-31)22-15-17-32-18-16-22/h6-7,9,11-19,33H,3-5,8,10H2,1-2H3,(H,35,36)(H,37,38)/b21-6+,23-19+. The molecule has 0 bridgehead atoms. The van der Waals surface area contributed by atoms with E-state index in [0.29, 0.717) is 11.5 Å². The lowest BCUT2D eigenvalue weighted by atomic mass is 10.1. The lowest BCUT2D eigenvalue weighted by Crippen LogP contribution is -2.10. The maximum atomic E-state index is 4.99. The lowest BCUT2D eigenvalue weighted by molar-refractivity contribution is 0.751. The first-order valence-corrected chi connectivity index (χ1v) is 12.8. The van der Waals surface area contributed by atoms with Gasteiger partial charge in [-0.2, -0.15) is 5.10 Å². The Bertz CT molecular complexity index is 1670. The van der Waals surface area contributed by atoms with Gasteiger partial charge in [0.05, 0.1) is 22.2 Å². The third-order valence-electron chi connectivity index (χ3n) is 6.43. The van der Waals surface area contributed by atoms with Crippen LogP contribution in [0.25, 0.3) is 50.3 Å². The van der Waals surface area contributed by atoms with Crippen LogP contribution in [0.4, 0.5) is 0 Å². The number of fused-ring (bicyclic) bond motifs is 2. The zero-order valence-corrected chi connectivity index (χ0v) is 21.8. The number of nitrogens with zero attached hydrogens (tertiary/aromatic N) is 4. The van der Waals surface area contributed by atoms with Crippen LogP contribution >= 0.6 is 0 Å². The van der Waals surface area contributed by atoms with Crippen molar-refractivity contribution in [3.05, 3.63) is 103 Å². The minimum Gasteiger partial charge on any atom is -0.359 e. The number of imidazole rings is 1. The van der Waals surface area contributed by atoms with E-state index in [-0.39, 0.29) is 0 Å². The number of para-hydroxylation sites is 1. The van der Waals surface area contributed by atoms with E-state index in [9.17, 15) is 0 Å². The molecule has 4 heterocycles. The van der Waals surface area contributed by atoms with Crippen molar-refractivity contribution in [2.24, 2.45) is 0 Å². The molecule has 7 nitrogen and oxygen atoms in total.